The quantitative estimate of drug-likeness (QED) is 0.379. The number of halogens is 7. The number of benzene rings is 1. The fourth-order valence-corrected chi connectivity index (χ4v) is 0.944. The van der Waals surface area contributed by atoms with Crippen LogP contribution in [0, 0.1) is 12.3 Å². The summed E-state index contributed by atoms with van der Waals surface area (Å²) in [6.07, 6.45) is -4.35. The van der Waals surface area contributed by atoms with Gasteiger partial charge in [0.1, 0.15) is 0 Å². The number of aryl methyl sites for hydroxylation is 1. The van der Waals surface area contributed by atoms with Crippen LogP contribution in [0.25, 0.3) is 4.98 Å². The minimum Gasteiger partial charge on any atom is -0.418 e. The van der Waals surface area contributed by atoms with Crippen LogP contribution in [0.2, 0.25) is 0 Å². The van der Waals surface area contributed by atoms with Crippen molar-refractivity contribution in [1.82, 2.24) is 0 Å². The molecule has 0 aliphatic rings. The zero-order chi connectivity index (χ0) is 14.6. The fourth-order valence-electron chi connectivity index (χ4n) is 0.944. The molecule has 1 aromatic rings. The number of hydrogen-bond acceptors (Lipinski definition) is 1. The van der Waals surface area contributed by atoms with Gasteiger partial charge < -0.3 is 17.3 Å². The van der Waals surface area contributed by atoms with Gasteiger partial charge in [-0.2, -0.15) is 13.2 Å². The number of hydrogen-bond donors (Lipinski definition) is 0. The molecule has 0 radical (unpaired) electrons. The highest BCUT2D eigenvalue weighted by Crippen LogP contribution is 2.32. The van der Waals surface area contributed by atoms with Gasteiger partial charge in [0.15, 0.2) is 4.98 Å². The van der Waals surface area contributed by atoms with Gasteiger partial charge >= 0.3 is 19.1 Å². The molecule has 10 heteroatoms. The van der Waals surface area contributed by atoms with Crippen molar-refractivity contribution in [2.45, 2.75) is 13.1 Å². The maximum absolute atomic E-state index is 12.1. The molecular formula is C8H6BF7N2. The van der Waals surface area contributed by atoms with Crippen molar-refractivity contribution in [3.63, 3.8) is 0 Å². The summed E-state index contributed by atoms with van der Waals surface area (Å²) in [5.41, 5.74) is -0.303. The normalized spacial score (nSPS) is 11.3. The Balaban J connectivity index is 0.000000494. The third-order valence-corrected chi connectivity index (χ3v) is 1.63. The second-order valence-corrected chi connectivity index (χ2v) is 3.09. The van der Waals surface area contributed by atoms with Crippen LogP contribution in [0.3, 0.4) is 0 Å². The Morgan fingerprint density at radius 1 is 1.11 bits per heavy atom. The summed E-state index contributed by atoms with van der Waals surface area (Å²) in [5.74, 6) is 0. The first-order valence-corrected chi connectivity index (χ1v) is 4.35. The Kier molecular flexibility index (Phi) is 5.14. The lowest BCUT2D eigenvalue weighted by molar-refractivity contribution is -0.137. The minimum atomic E-state index is -6.00. The minimum absolute atomic E-state index is 0.146. The Morgan fingerprint density at radius 2 is 1.56 bits per heavy atom. The van der Waals surface area contributed by atoms with Crippen LogP contribution in [0.4, 0.5) is 36.1 Å². The predicted molar refractivity (Wildman–Crippen MR) is 51.1 cm³/mol. The zero-order valence-electron chi connectivity index (χ0n) is 8.85. The molecular weight excluding hydrogens is 268 g/mol. The molecule has 0 amide bonds. The summed E-state index contributed by atoms with van der Waals surface area (Å²) in [5, 5.41) is 8.36. The fraction of sp³-hybridized carbons (Fsp3) is 0.250. The molecule has 0 fully saturated rings. The first-order valence-electron chi connectivity index (χ1n) is 4.35. The van der Waals surface area contributed by atoms with Crippen molar-refractivity contribution < 1.29 is 30.4 Å². The molecule has 18 heavy (non-hydrogen) atoms. The van der Waals surface area contributed by atoms with E-state index in [4.69, 9.17) is 5.39 Å². The first-order chi connectivity index (χ1) is 7.95. The highest BCUT2D eigenvalue weighted by Gasteiger charge is 2.31. The van der Waals surface area contributed by atoms with Crippen LogP contribution in [0.15, 0.2) is 18.2 Å². The summed E-state index contributed by atoms with van der Waals surface area (Å²) in [6.45, 7) is 1.45. The summed E-state index contributed by atoms with van der Waals surface area (Å²) in [6, 6.07) is 2.94. The van der Waals surface area contributed by atoms with Gasteiger partial charge in [0, 0.05) is 11.6 Å². The van der Waals surface area contributed by atoms with Gasteiger partial charge in [-0.3, -0.25) is 0 Å². The second kappa shape index (κ2) is 5.70. The maximum Gasteiger partial charge on any atom is 0.673 e. The van der Waals surface area contributed by atoms with Crippen molar-refractivity contribution in [1.29, 1.82) is 5.39 Å². The summed E-state index contributed by atoms with van der Waals surface area (Å²) < 4.78 is 75.3. The van der Waals surface area contributed by atoms with E-state index in [-0.39, 0.29) is 11.3 Å². The molecule has 1 aromatic carbocycles. The zero-order valence-corrected chi connectivity index (χ0v) is 8.85. The molecule has 0 saturated heterocycles. The highest BCUT2D eigenvalue weighted by molar-refractivity contribution is 6.50. The molecule has 0 unspecified atom stereocenters. The maximum atomic E-state index is 12.1. The van der Waals surface area contributed by atoms with E-state index < -0.39 is 19.0 Å². The number of diazo groups is 1. The topological polar surface area (TPSA) is 28.1 Å². The van der Waals surface area contributed by atoms with Crippen LogP contribution < -0.4 is 0 Å². The van der Waals surface area contributed by atoms with Gasteiger partial charge in [0.2, 0.25) is 5.39 Å². The van der Waals surface area contributed by atoms with E-state index in [1.54, 1.807) is 0 Å². The van der Waals surface area contributed by atoms with Crippen LogP contribution >= 0.6 is 0 Å². The third-order valence-electron chi connectivity index (χ3n) is 1.63. The second-order valence-electron chi connectivity index (χ2n) is 3.09. The molecule has 100 valence electrons. The van der Waals surface area contributed by atoms with Gasteiger partial charge in [0.25, 0.3) is 0 Å². The van der Waals surface area contributed by atoms with E-state index >= 15 is 0 Å². The largest absolute Gasteiger partial charge is 0.673 e. The molecule has 0 heterocycles. The van der Waals surface area contributed by atoms with Crippen molar-refractivity contribution in [2.75, 3.05) is 0 Å². The van der Waals surface area contributed by atoms with Crippen molar-refractivity contribution in [2.24, 2.45) is 0 Å². The molecule has 0 atom stereocenters. The standard InChI is InChI=1S/C8H6F3N2.BF4/c1-5-4-6(8(9,10)11)2-3-7(5)13-12;2-1(3,4)5/h2-4H,1H3;/q+1;-1. The third kappa shape index (κ3) is 6.72. The first kappa shape index (κ1) is 16.2. The molecule has 2 nitrogen and oxygen atoms in total. The number of rotatable bonds is 0. The van der Waals surface area contributed by atoms with E-state index in [0.29, 0.717) is 0 Å². The van der Waals surface area contributed by atoms with E-state index in [2.05, 4.69) is 4.98 Å². The summed E-state index contributed by atoms with van der Waals surface area (Å²) >= 11 is 0. The lowest BCUT2D eigenvalue weighted by Crippen LogP contribution is -2.04. The molecule has 0 N–H and O–H groups in total. The summed E-state index contributed by atoms with van der Waals surface area (Å²) in [4.78, 5) is 2.83. The summed E-state index contributed by atoms with van der Waals surface area (Å²) in [7, 11) is -6.00. The lowest BCUT2D eigenvalue weighted by atomic mass is 10.1. The lowest BCUT2D eigenvalue weighted by Gasteiger charge is -2.04. The molecule has 0 aromatic heterocycles. The average molecular weight is 274 g/mol. The van der Waals surface area contributed by atoms with Crippen molar-refractivity contribution >= 4 is 12.9 Å². The van der Waals surface area contributed by atoms with Crippen LogP contribution in [0.5, 0.6) is 0 Å². The monoisotopic (exact) mass is 274 g/mol. The van der Waals surface area contributed by atoms with Gasteiger partial charge in [-0.05, 0) is 19.1 Å². The highest BCUT2D eigenvalue weighted by atomic mass is 19.5. The Labute approximate surface area is 97.1 Å². The Hall–Kier alpha value is -1.79. The smallest absolute Gasteiger partial charge is 0.418 e. The van der Waals surface area contributed by atoms with Gasteiger partial charge in [-0.1, -0.05) is 0 Å². The van der Waals surface area contributed by atoms with E-state index in [9.17, 15) is 30.4 Å². The van der Waals surface area contributed by atoms with Crippen LogP contribution in [0.1, 0.15) is 11.1 Å². The molecule has 1 rings (SSSR count). The van der Waals surface area contributed by atoms with Gasteiger partial charge in [-0.15, -0.1) is 0 Å². The molecule has 0 aliphatic carbocycles. The van der Waals surface area contributed by atoms with E-state index in [1.165, 1.54) is 6.92 Å². The SMILES string of the molecule is Cc1cc(C(F)(F)F)ccc1[N+]#N.F[B-](F)(F)F. The average Bonchev–Trinajstić information content (AvgIpc) is 2.13. The predicted octanol–water partition coefficient (Wildman–Crippen LogP) is 4.80. The molecule has 0 spiro atoms. The number of alkyl halides is 3. The molecule has 0 saturated carbocycles. The van der Waals surface area contributed by atoms with Crippen molar-refractivity contribution in [3.8, 4) is 0 Å². The van der Waals surface area contributed by atoms with Crippen LogP contribution in [-0.4, -0.2) is 7.25 Å². The molecule has 0 bridgehead atoms. The van der Waals surface area contributed by atoms with Crippen LogP contribution in [-0.2, 0) is 6.18 Å². The van der Waals surface area contributed by atoms with E-state index in [1.807, 2.05) is 0 Å². The van der Waals surface area contributed by atoms with Gasteiger partial charge in [0.05, 0.1) is 5.56 Å². The van der Waals surface area contributed by atoms with Gasteiger partial charge in [-0.25, -0.2) is 0 Å². The van der Waals surface area contributed by atoms with Crippen molar-refractivity contribution in [3.05, 3.63) is 34.3 Å². The number of nitrogens with zero attached hydrogens (tertiary/aromatic N) is 2. The Bertz CT molecular complexity index is 440. The molecule has 0 aliphatic heterocycles. The Morgan fingerprint density at radius 3 is 1.83 bits per heavy atom. The van der Waals surface area contributed by atoms with E-state index in [0.717, 1.165) is 18.2 Å².